The van der Waals surface area contributed by atoms with Gasteiger partial charge in [-0.1, -0.05) is 13.8 Å². The van der Waals surface area contributed by atoms with Gasteiger partial charge in [0.2, 0.25) is 0 Å². The number of hydrogen-bond donors (Lipinski definition) is 4. The Morgan fingerprint density at radius 3 is 2.36 bits per heavy atom. The molecule has 0 aromatic heterocycles. The van der Waals surface area contributed by atoms with Gasteiger partial charge in [0.05, 0.1) is 36.4 Å². The quantitative estimate of drug-likeness (QED) is 0.460. The van der Waals surface area contributed by atoms with Crippen molar-refractivity contribution in [1.82, 2.24) is 19.5 Å². The van der Waals surface area contributed by atoms with Crippen molar-refractivity contribution in [1.29, 1.82) is 0 Å². The fraction of sp³-hybridized carbons (Fsp3) is 0.474. The van der Waals surface area contributed by atoms with Crippen molar-refractivity contribution in [2.24, 2.45) is 0 Å². The maximum Gasteiger partial charge on any atom is 0.349 e. The number of aromatic nitrogens is 4. The first-order chi connectivity index (χ1) is 13.3. The van der Waals surface area contributed by atoms with Gasteiger partial charge in [-0.25, -0.2) is 9.78 Å². The van der Waals surface area contributed by atoms with Crippen LogP contribution in [0.15, 0.2) is 21.7 Å². The lowest BCUT2D eigenvalue weighted by Crippen LogP contribution is -2.31. The molecular weight excluding hydrogens is 364 g/mol. The van der Waals surface area contributed by atoms with Gasteiger partial charge in [0, 0.05) is 6.42 Å². The van der Waals surface area contributed by atoms with Crippen LogP contribution >= 0.6 is 0 Å². The van der Waals surface area contributed by atoms with Crippen LogP contribution in [-0.4, -0.2) is 53.7 Å². The molecule has 0 spiro atoms. The maximum absolute atomic E-state index is 12.2. The fourth-order valence-electron chi connectivity index (χ4n) is 2.91. The van der Waals surface area contributed by atoms with E-state index in [0.29, 0.717) is 11.0 Å². The number of hydrogen-bond acceptors (Lipinski definition) is 7. The molecule has 2 aliphatic rings. The molecule has 0 fully saturated rings. The van der Waals surface area contributed by atoms with Gasteiger partial charge in [-0.2, -0.15) is 4.98 Å². The minimum atomic E-state index is -1.07. The van der Waals surface area contributed by atoms with Crippen LogP contribution in [-0.2, 0) is 6.54 Å². The third-order valence-electron chi connectivity index (χ3n) is 4.37. The molecule has 152 valence electrons. The second kappa shape index (κ2) is 9.05. The minimum Gasteiger partial charge on any atom is -0.394 e. The van der Waals surface area contributed by atoms with Crippen molar-refractivity contribution < 1.29 is 15.3 Å². The molecule has 2 aliphatic heterocycles. The molecule has 0 amide bonds. The molecule has 0 aliphatic carbocycles. The van der Waals surface area contributed by atoms with Crippen molar-refractivity contribution in [2.75, 3.05) is 6.61 Å². The second-order valence-corrected chi connectivity index (χ2v) is 6.42. The Morgan fingerprint density at radius 2 is 1.71 bits per heavy atom. The molecule has 0 saturated heterocycles. The first-order valence-corrected chi connectivity index (χ1v) is 9.19. The van der Waals surface area contributed by atoms with E-state index in [-0.39, 0.29) is 24.5 Å². The first-order valence-electron chi connectivity index (χ1n) is 9.19. The summed E-state index contributed by atoms with van der Waals surface area (Å²) in [6, 6.07) is 3.67. The van der Waals surface area contributed by atoms with E-state index in [9.17, 15) is 19.8 Å². The van der Waals surface area contributed by atoms with E-state index >= 15 is 0 Å². The molecule has 0 bridgehead atoms. The highest BCUT2D eigenvalue weighted by atomic mass is 16.3. The zero-order valence-corrected chi connectivity index (χ0v) is 16.4. The van der Waals surface area contributed by atoms with E-state index < -0.39 is 30.1 Å². The Balaban J connectivity index is 0.00000136. The van der Waals surface area contributed by atoms with Gasteiger partial charge in [-0.3, -0.25) is 9.78 Å². The van der Waals surface area contributed by atoms with Crippen LogP contribution in [0.5, 0.6) is 0 Å². The van der Waals surface area contributed by atoms with Crippen LogP contribution in [0.3, 0.4) is 0 Å². The van der Waals surface area contributed by atoms with E-state index in [4.69, 9.17) is 5.11 Å². The van der Waals surface area contributed by atoms with Crippen molar-refractivity contribution in [3.63, 3.8) is 0 Å². The highest BCUT2D eigenvalue weighted by Crippen LogP contribution is 2.24. The van der Waals surface area contributed by atoms with Crippen LogP contribution in [0.25, 0.3) is 22.6 Å². The monoisotopic (exact) mass is 390 g/mol. The molecule has 2 atom stereocenters. The summed E-state index contributed by atoms with van der Waals surface area (Å²) < 4.78 is 1.55. The first kappa shape index (κ1) is 21.7. The van der Waals surface area contributed by atoms with E-state index in [1.807, 2.05) is 39.8 Å². The lowest BCUT2D eigenvalue weighted by molar-refractivity contribution is 0.0362. The molecule has 9 nitrogen and oxygen atoms in total. The molecule has 3 rings (SSSR count). The normalized spacial score (nSPS) is 13.2. The van der Waals surface area contributed by atoms with Crippen molar-refractivity contribution in [2.45, 2.75) is 52.9 Å². The van der Waals surface area contributed by atoms with E-state index in [1.165, 1.54) is 0 Å². The molecule has 0 radical (unpaired) electrons. The predicted molar refractivity (Wildman–Crippen MR) is 106 cm³/mol. The lowest BCUT2D eigenvalue weighted by Gasteiger charge is -2.21. The van der Waals surface area contributed by atoms with E-state index in [2.05, 4.69) is 15.0 Å². The molecule has 2 unspecified atom stereocenters. The number of aryl methyl sites for hydroxylation is 2. The van der Waals surface area contributed by atoms with Crippen LogP contribution in [0.1, 0.15) is 31.4 Å². The fourth-order valence-corrected chi connectivity index (χ4v) is 2.91. The Labute approximate surface area is 161 Å². The standard InChI is InChI=1S/C17H20N4O5.C2H6/c1-8-3-12-13(4-9(8)2)21(6-10(23)5-11(24)7-22)15-14(18-12)16(25)20-17(26)19-15;1-2/h3-4,10-11,22-24H,5-7H2,1-2H3,(H,20,25,26);1-2H3. The minimum absolute atomic E-state index is 0.00439. The van der Waals surface area contributed by atoms with Gasteiger partial charge in [0.25, 0.3) is 5.56 Å². The Morgan fingerprint density at radius 1 is 1.07 bits per heavy atom. The average Bonchev–Trinajstić information content (AvgIpc) is 2.65. The van der Waals surface area contributed by atoms with Crippen LogP contribution < -0.4 is 11.2 Å². The highest BCUT2D eigenvalue weighted by molar-refractivity contribution is 5.81. The van der Waals surface area contributed by atoms with E-state index in [0.717, 1.165) is 11.1 Å². The van der Waals surface area contributed by atoms with Gasteiger partial charge in [0.1, 0.15) is 0 Å². The summed E-state index contributed by atoms with van der Waals surface area (Å²) >= 11 is 0. The number of aromatic amines is 1. The van der Waals surface area contributed by atoms with Crippen molar-refractivity contribution in [3.8, 4) is 11.5 Å². The number of aliphatic hydroxyl groups excluding tert-OH is 3. The summed E-state index contributed by atoms with van der Waals surface area (Å²) in [5, 5.41) is 28.8. The van der Waals surface area contributed by atoms with Gasteiger partial charge in [-0.05, 0) is 37.1 Å². The summed E-state index contributed by atoms with van der Waals surface area (Å²) in [7, 11) is 0. The molecule has 1 aromatic carbocycles. The molecule has 9 heteroatoms. The molecule has 28 heavy (non-hydrogen) atoms. The lowest BCUT2D eigenvalue weighted by atomic mass is 10.1. The van der Waals surface area contributed by atoms with Crippen LogP contribution in [0, 0.1) is 13.8 Å². The highest BCUT2D eigenvalue weighted by Gasteiger charge is 2.21. The van der Waals surface area contributed by atoms with E-state index in [1.54, 1.807) is 4.57 Å². The third kappa shape index (κ3) is 4.44. The Kier molecular flexibility index (Phi) is 7.00. The molecule has 1 aromatic rings. The summed E-state index contributed by atoms with van der Waals surface area (Å²) in [5.74, 6) is 0.0621. The van der Waals surface area contributed by atoms with Gasteiger partial charge >= 0.3 is 5.69 Å². The number of benzene rings is 1. The van der Waals surface area contributed by atoms with Gasteiger partial charge < -0.3 is 19.9 Å². The van der Waals surface area contributed by atoms with Gasteiger partial charge in [-0.15, -0.1) is 0 Å². The zero-order chi connectivity index (χ0) is 21.0. The maximum atomic E-state index is 12.2. The zero-order valence-electron chi connectivity index (χ0n) is 16.4. The summed E-state index contributed by atoms with van der Waals surface area (Å²) in [4.78, 5) is 34.1. The molecule has 0 saturated carbocycles. The number of nitrogens with zero attached hydrogens (tertiary/aromatic N) is 3. The number of fused-ring (bicyclic) bond motifs is 2. The largest absolute Gasteiger partial charge is 0.394 e. The molecular formula is C19H26N4O5. The summed E-state index contributed by atoms with van der Waals surface area (Å²) in [6.45, 7) is 7.34. The summed E-state index contributed by atoms with van der Waals surface area (Å²) in [5.41, 5.74) is 1.64. The topological polar surface area (TPSA) is 141 Å². The number of aliphatic hydroxyl groups is 3. The number of nitrogens with one attached hydrogen (secondary N) is 1. The predicted octanol–water partition coefficient (Wildman–Crippen LogP) is 0.332. The van der Waals surface area contributed by atoms with Crippen LogP contribution in [0.2, 0.25) is 0 Å². The SMILES string of the molecule is CC.Cc1cc2nc3c(=O)[nH]c(=O)nc-3n(CC(O)CC(O)CO)c2cc1C. The third-order valence-corrected chi connectivity index (χ3v) is 4.37. The Hall–Kier alpha value is -2.62. The van der Waals surface area contributed by atoms with Gasteiger partial charge in [0.15, 0.2) is 11.5 Å². The Bertz CT molecular complexity index is 1040. The second-order valence-electron chi connectivity index (χ2n) is 6.42. The smallest absolute Gasteiger partial charge is 0.349 e. The van der Waals surface area contributed by atoms with Crippen LogP contribution in [0.4, 0.5) is 0 Å². The van der Waals surface area contributed by atoms with Crippen molar-refractivity contribution >= 4 is 11.0 Å². The molecule has 2 heterocycles. The average molecular weight is 390 g/mol. The molecule has 4 N–H and O–H groups in total. The number of rotatable bonds is 5. The summed E-state index contributed by atoms with van der Waals surface area (Å²) in [6.07, 6.45) is -2.15. The van der Waals surface area contributed by atoms with Crippen molar-refractivity contribution in [3.05, 3.63) is 44.1 Å². The number of H-pyrrole nitrogens is 1.